The van der Waals surface area contributed by atoms with Crippen molar-refractivity contribution in [1.82, 2.24) is 19.9 Å². The Kier molecular flexibility index (Phi) is 4.96. The summed E-state index contributed by atoms with van der Waals surface area (Å²) < 4.78 is 7.14. The summed E-state index contributed by atoms with van der Waals surface area (Å²) in [4.78, 5) is 31.9. The molecule has 0 saturated heterocycles. The molecule has 0 fully saturated rings. The van der Waals surface area contributed by atoms with E-state index in [-0.39, 0.29) is 18.0 Å². The quantitative estimate of drug-likeness (QED) is 0.625. The molecule has 0 radical (unpaired) electrons. The average molecular weight is 393 g/mol. The van der Waals surface area contributed by atoms with Gasteiger partial charge in [-0.05, 0) is 24.6 Å². The van der Waals surface area contributed by atoms with Crippen LogP contribution in [0.3, 0.4) is 0 Å². The van der Waals surface area contributed by atoms with Crippen LogP contribution in [-0.2, 0) is 16.1 Å². The lowest BCUT2D eigenvalue weighted by molar-refractivity contribution is -0.121. The Hall–Kier alpha value is -2.19. The molecule has 2 aromatic heterocycles. The third-order valence-corrected chi connectivity index (χ3v) is 4.19. The minimum Gasteiger partial charge on any atom is -0.385 e. The minimum atomic E-state index is -0.264. The molecule has 0 aliphatic heterocycles. The van der Waals surface area contributed by atoms with Crippen molar-refractivity contribution in [3.63, 3.8) is 0 Å². The number of rotatable bonds is 6. The summed E-state index contributed by atoms with van der Waals surface area (Å²) in [5, 5.41) is 3.62. The molecule has 3 aromatic rings. The molecule has 0 aliphatic rings. The molecule has 2 N–H and O–H groups in total. The number of aromatic amines is 1. The predicted molar refractivity (Wildman–Crippen MR) is 95.1 cm³/mol. The molecule has 7 nitrogen and oxygen atoms in total. The third kappa shape index (κ3) is 3.34. The number of hydrogen-bond acceptors (Lipinski definition) is 4. The van der Waals surface area contributed by atoms with Crippen molar-refractivity contribution in [3.8, 4) is 0 Å². The van der Waals surface area contributed by atoms with E-state index < -0.39 is 0 Å². The van der Waals surface area contributed by atoms with E-state index in [9.17, 15) is 9.59 Å². The summed E-state index contributed by atoms with van der Waals surface area (Å²) in [5.74, 6) is -0.229. The fourth-order valence-corrected chi connectivity index (χ4v) is 2.89. The Balaban J connectivity index is 1.85. The Bertz CT molecular complexity index is 948. The van der Waals surface area contributed by atoms with Gasteiger partial charge in [0.1, 0.15) is 17.6 Å². The van der Waals surface area contributed by atoms with Crippen LogP contribution in [0.15, 0.2) is 33.8 Å². The Morgan fingerprint density at radius 2 is 2.29 bits per heavy atom. The summed E-state index contributed by atoms with van der Waals surface area (Å²) in [6.45, 7) is 1.03. The molecule has 0 aliphatic carbocycles. The number of aromatic nitrogens is 3. The topological polar surface area (TPSA) is 89.0 Å². The van der Waals surface area contributed by atoms with Gasteiger partial charge in [-0.2, -0.15) is 0 Å². The molecule has 3 rings (SSSR count). The highest BCUT2D eigenvalue weighted by Gasteiger charge is 2.12. The number of amides is 1. The van der Waals surface area contributed by atoms with Gasteiger partial charge in [-0.1, -0.05) is 15.9 Å². The second kappa shape index (κ2) is 7.14. The maximum Gasteiger partial charge on any atom is 0.278 e. The lowest BCUT2D eigenvalue weighted by Gasteiger charge is -2.06. The van der Waals surface area contributed by atoms with Crippen LogP contribution >= 0.6 is 15.9 Å². The number of halogens is 1. The molecule has 8 heteroatoms. The molecule has 0 bridgehead atoms. The van der Waals surface area contributed by atoms with Crippen LogP contribution in [0.2, 0.25) is 0 Å². The summed E-state index contributed by atoms with van der Waals surface area (Å²) in [7, 11) is 1.61. The normalized spacial score (nSPS) is 11.2. The summed E-state index contributed by atoms with van der Waals surface area (Å²) in [5.41, 5.74) is 1.57. The van der Waals surface area contributed by atoms with E-state index in [1.165, 1.54) is 10.9 Å². The fraction of sp³-hybridized carbons (Fsp3) is 0.312. The standard InChI is InChI=1S/C16H17BrN4O3/c1-24-6-2-5-18-13(22)8-21-9-19-14-11-7-10(17)3-4-12(11)20-15(14)16(21)23/h3-4,7,9,20H,2,5-6,8H2,1H3,(H,18,22). The highest BCUT2D eigenvalue weighted by molar-refractivity contribution is 9.10. The van der Waals surface area contributed by atoms with Crippen molar-refractivity contribution < 1.29 is 9.53 Å². The van der Waals surface area contributed by atoms with Crippen molar-refractivity contribution >= 4 is 43.8 Å². The number of benzene rings is 1. The molecule has 0 saturated carbocycles. The summed E-state index contributed by atoms with van der Waals surface area (Å²) >= 11 is 3.42. The van der Waals surface area contributed by atoms with Crippen LogP contribution in [0.25, 0.3) is 21.9 Å². The van der Waals surface area contributed by atoms with Gasteiger partial charge in [0.2, 0.25) is 5.91 Å². The highest BCUT2D eigenvalue weighted by atomic mass is 79.9. The lowest BCUT2D eigenvalue weighted by Crippen LogP contribution is -2.33. The maximum absolute atomic E-state index is 12.6. The highest BCUT2D eigenvalue weighted by Crippen LogP contribution is 2.24. The van der Waals surface area contributed by atoms with E-state index in [0.717, 1.165) is 21.8 Å². The predicted octanol–water partition coefficient (Wildman–Crippen LogP) is 1.79. The van der Waals surface area contributed by atoms with E-state index >= 15 is 0 Å². The second-order valence-corrected chi connectivity index (χ2v) is 6.33. The number of methoxy groups -OCH3 is 1. The molecule has 126 valence electrons. The lowest BCUT2D eigenvalue weighted by atomic mass is 10.2. The Labute approximate surface area is 146 Å². The molecule has 0 spiro atoms. The molecule has 24 heavy (non-hydrogen) atoms. The zero-order chi connectivity index (χ0) is 17.1. The summed E-state index contributed by atoms with van der Waals surface area (Å²) in [6.07, 6.45) is 2.14. The third-order valence-electron chi connectivity index (χ3n) is 3.70. The SMILES string of the molecule is COCCCNC(=O)Cn1cnc2c([nH]c3ccc(Br)cc32)c1=O. The number of ether oxygens (including phenoxy) is 1. The van der Waals surface area contributed by atoms with Crippen molar-refractivity contribution in [2.75, 3.05) is 20.3 Å². The number of nitrogens with one attached hydrogen (secondary N) is 2. The van der Waals surface area contributed by atoms with Crippen LogP contribution in [0, 0.1) is 0 Å². The first-order valence-electron chi connectivity index (χ1n) is 7.52. The van der Waals surface area contributed by atoms with Gasteiger partial charge < -0.3 is 15.0 Å². The number of carbonyl (C=O) groups is 1. The van der Waals surface area contributed by atoms with Crippen molar-refractivity contribution in [2.45, 2.75) is 13.0 Å². The first-order valence-corrected chi connectivity index (χ1v) is 8.31. The van der Waals surface area contributed by atoms with Crippen LogP contribution < -0.4 is 10.9 Å². The number of hydrogen-bond donors (Lipinski definition) is 2. The van der Waals surface area contributed by atoms with E-state index in [4.69, 9.17) is 4.74 Å². The van der Waals surface area contributed by atoms with Gasteiger partial charge in [0.15, 0.2) is 0 Å². The molecule has 0 atom stereocenters. The Morgan fingerprint density at radius 1 is 1.46 bits per heavy atom. The van der Waals surface area contributed by atoms with Crippen molar-refractivity contribution in [1.29, 1.82) is 0 Å². The van der Waals surface area contributed by atoms with E-state index in [1.807, 2.05) is 18.2 Å². The van der Waals surface area contributed by atoms with Crippen molar-refractivity contribution in [3.05, 3.63) is 39.4 Å². The van der Waals surface area contributed by atoms with E-state index in [2.05, 4.69) is 31.2 Å². The maximum atomic E-state index is 12.6. The minimum absolute atomic E-state index is 0.0617. The number of nitrogens with zero attached hydrogens (tertiary/aromatic N) is 2. The van der Waals surface area contributed by atoms with Crippen LogP contribution in [0.5, 0.6) is 0 Å². The van der Waals surface area contributed by atoms with Gasteiger partial charge in [-0.3, -0.25) is 14.2 Å². The Morgan fingerprint density at radius 3 is 3.08 bits per heavy atom. The monoisotopic (exact) mass is 392 g/mol. The second-order valence-electron chi connectivity index (χ2n) is 5.41. The smallest absolute Gasteiger partial charge is 0.278 e. The average Bonchev–Trinajstić information content (AvgIpc) is 2.93. The van der Waals surface area contributed by atoms with Gasteiger partial charge in [-0.25, -0.2) is 4.98 Å². The molecule has 1 aromatic carbocycles. The van der Waals surface area contributed by atoms with E-state index in [1.54, 1.807) is 7.11 Å². The van der Waals surface area contributed by atoms with Gasteiger partial charge in [0.05, 0.1) is 6.33 Å². The van der Waals surface area contributed by atoms with Gasteiger partial charge >= 0.3 is 0 Å². The zero-order valence-corrected chi connectivity index (χ0v) is 14.7. The largest absolute Gasteiger partial charge is 0.385 e. The molecular formula is C16H17BrN4O3. The number of carbonyl (C=O) groups excluding carboxylic acids is 1. The van der Waals surface area contributed by atoms with Gasteiger partial charge in [0, 0.05) is 35.6 Å². The van der Waals surface area contributed by atoms with Gasteiger partial charge in [-0.15, -0.1) is 0 Å². The van der Waals surface area contributed by atoms with Crippen LogP contribution in [-0.4, -0.2) is 40.7 Å². The van der Waals surface area contributed by atoms with E-state index in [0.29, 0.717) is 24.2 Å². The summed E-state index contributed by atoms with van der Waals surface area (Å²) in [6, 6.07) is 5.69. The fourth-order valence-electron chi connectivity index (χ4n) is 2.53. The zero-order valence-electron chi connectivity index (χ0n) is 13.1. The molecular weight excluding hydrogens is 376 g/mol. The first-order chi connectivity index (χ1) is 11.6. The van der Waals surface area contributed by atoms with Crippen molar-refractivity contribution in [2.24, 2.45) is 0 Å². The molecule has 2 heterocycles. The molecule has 0 unspecified atom stereocenters. The number of fused-ring (bicyclic) bond motifs is 3. The number of H-pyrrole nitrogens is 1. The molecule has 1 amide bonds. The first kappa shape index (κ1) is 16.7. The van der Waals surface area contributed by atoms with Gasteiger partial charge in [0.25, 0.3) is 5.56 Å². The van der Waals surface area contributed by atoms with Crippen LogP contribution in [0.1, 0.15) is 6.42 Å². The van der Waals surface area contributed by atoms with Crippen LogP contribution in [0.4, 0.5) is 0 Å².